The molecule has 2 aromatic rings. The maximum atomic E-state index is 13.1. The molecule has 1 saturated heterocycles. The molecule has 1 aromatic heterocycles. The van der Waals surface area contributed by atoms with Gasteiger partial charge >= 0.3 is 12.1 Å². The maximum absolute atomic E-state index is 13.1. The molecule has 3 rings (SSSR count). The van der Waals surface area contributed by atoms with E-state index in [4.69, 9.17) is 4.74 Å². The molecule has 0 amide bonds. The number of pyridine rings is 1. The highest BCUT2D eigenvalue weighted by molar-refractivity contribution is 5.84. The number of aromatic nitrogens is 1. The van der Waals surface area contributed by atoms with Crippen molar-refractivity contribution in [2.24, 2.45) is 0 Å². The lowest BCUT2D eigenvalue weighted by Crippen LogP contribution is -2.48. The average molecular weight is 403 g/mol. The molecule has 0 unspecified atom stereocenters. The van der Waals surface area contributed by atoms with Gasteiger partial charge in [-0.15, -0.1) is 0 Å². The Labute approximate surface area is 166 Å². The van der Waals surface area contributed by atoms with Crippen LogP contribution in [-0.2, 0) is 21.1 Å². The average Bonchev–Trinajstić information content (AvgIpc) is 2.73. The molecule has 0 spiro atoms. The van der Waals surface area contributed by atoms with Crippen LogP contribution in [0.1, 0.15) is 36.6 Å². The number of rotatable bonds is 4. The third-order valence-electron chi connectivity index (χ3n) is 5.20. The van der Waals surface area contributed by atoms with Crippen molar-refractivity contribution in [3.8, 4) is 6.07 Å². The normalized spacial score (nSPS) is 16.2. The number of hydrogen-bond acceptors (Lipinski definition) is 5. The van der Waals surface area contributed by atoms with Crippen molar-refractivity contribution in [1.82, 2.24) is 4.98 Å². The van der Waals surface area contributed by atoms with Crippen LogP contribution in [0.5, 0.6) is 0 Å². The first-order chi connectivity index (χ1) is 13.8. The molecule has 0 N–H and O–H groups in total. The molecule has 152 valence electrons. The van der Waals surface area contributed by atoms with Gasteiger partial charge in [0.2, 0.25) is 0 Å². The number of esters is 1. The molecule has 0 radical (unpaired) electrons. The molecule has 1 aliphatic rings. The van der Waals surface area contributed by atoms with Crippen molar-refractivity contribution >= 4 is 11.8 Å². The molecule has 1 aromatic carbocycles. The summed E-state index contributed by atoms with van der Waals surface area (Å²) in [6.45, 7) is 2.52. The summed E-state index contributed by atoms with van der Waals surface area (Å²) >= 11 is 0. The van der Waals surface area contributed by atoms with E-state index in [-0.39, 0.29) is 37.0 Å². The zero-order valence-corrected chi connectivity index (χ0v) is 15.9. The number of hydrogen-bond donors (Lipinski definition) is 0. The quantitative estimate of drug-likeness (QED) is 0.720. The van der Waals surface area contributed by atoms with E-state index in [1.165, 1.54) is 0 Å². The Kier molecular flexibility index (Phi) is 5.78. The predicted molar refractivity (Wildman–Crippen MR) is 100 cm³/mol. The summed E-state index contributed by atoms with van der Waals surface area (Å²) in [6, 6.07) is 13.1. The Morgan fingerprint density at radius 3 is 2.41 bits per heavy atom. The van der Waals surface area contributed by atoms with Gasteiger partial charge in [-0.05, 0) is 37.5 Å². The van der Waals surface area contributed by atoms with E-state index in [0.717, 1.165) is 17.7 Å². The second kappa shape index (κ2) is 8.11. The second-order valence-electron chi connectivity index (χ2n) is 6.83. The number of carbonyl (C=O) groups excluding carboxylic acids is 1. The van der Waals surface area contributed by atoms with E-state index in [0.29, 0.717) is 12.8 Å². The van der Waals surface area contributed by atoms with E-state index >= 15 is 0 Å². The predicted octanol–water partition coefficient (Wildman–Crippen LogP) is 4.07. The molecule has 5 nitrogen and oxygen atoms in total. The van der Waals surface area contributed by atoms with Crippen molar-refractivity contribution in [1.29, 1.82) is 5.26 Å². The van der Waals surface area contributed by atoms with Gasteiger partial charge in [-0.1, -0.05) is 30.3 Å². The molecule has 0 aliphatic carbocycles. The van der Waals surface area contributed by atoms with Crippen LogP contribution in [0.2, 0.25) is 0 Å². The minimum absolute atomic E-state index is 0.00662. The summed E-state index contributed by atoms with van der Waals surface area (Å²) in [5.41, 5.74) is -1.03. The van der Waals surface area contributed by atoms with Gasteiger partial charge in [-0.2, -0.15) is 18.4 Å². The van der Waals surface area contributed by atoms with Gasteiger partial charge in [0.05, 0.1) is 17.6 Å². The fourth-order valence-corrected chi connectivity index (χ4v) is 3.67. The fourth-order valence-electron chi connectivity index (χ4n) is 3.67. The van der Waals surface area contributed by atoms with E-state index in [1.54, 1.807) is 11.8 Å². The highest BCUT2D eigenvalue weighted by atomic mass is 19.4. The van der Waals surface area contributed by atoms with Crippen LogP contribution in [0.3, 0.4) is 0 Å². The first-order valence-electron chi connectivity index (χ1n) is 9.28. The summed E-state index contributed by atoms with van der Waals surface area (Å²) in [6.07, 6.45) is -3.91. The van der Waals surface area contributed by atoms with E-state index in [1.807, 2.05) is 36.4 Å². The lowest BCUT2D eigenvalue weighted by Gasteiger charge is -2.41. The number of benzene rings is 1. The molecule has 29 heavy (non-hydrogen) atoms. The van der Waals surface area contributed by atoms with Crippen LogP contribution >= 0.6 is 0 Å². The Bertz CT molecular complexity index is 915. The molecular weight excluding hydrogens is 383 g/mol. The zero-order chi connectivity index (χ0) is 21.1. The molecule has 0 atom stereocenters. The molecular formula is C21H20F3N3O2. The molecule has 1 aliphatic heterocycles. The first kappa shape index (κ1) is 20.6. The topological polar surface area (TPSA) is 66.2 Å². The Hall–Kier alpha value is -3.08. The Morgan fingerprint density at radius 1 is 1.21 bits per heavy atom. The smallest absolute Gasteiger partial charge is 0.433 e. The number of nitrogens with zero attached hydrogens (tertiary/aromatic N) is 3. The van der Waals surface area contributed by atoms with Crippen LogP contribution in [0.4, 0.5) is 19.0 Å². The Morgan fingerprint density at radius 2 is 1.86 bits per heavy atom. The van der Waals surface area contributed by atoms with Crippen molar-refractivity contribution in [2.45, 2.75) is 31.4 Å². The first-order valence-corrected chi connectivity index (χ1v) is 9.28. The van der Waals surface area contributed by atoms with E-state index in [2.05, 4.69) is 4.98 Å². The van der Waals surface area contributed by atoms with Crippen molar-refractivity contribution in [3.05, 3.63) is 59.3 Å². The van der Waals surface area contributed by atoms with Gasteiger partial charge in [-0.25, -0.2) is 4.98 Å². The largest absolute Gasteiger partial charge is 0.465 e. The highest BCUT2D eigenvalue weighted by Gasteiger charge is 2.45. The molecule has 1 fully saturated rings. The monoisotopic (exact) mass is 403 g/mol. The Balaban J connectivity index is 1.92. The van der Waals surface area contributed by atoms with Crippen LogP contribution in [-0.4, -0.2) is 30.6 Å². The molecule has 0 saturated carbocycles. The van der Waals surface area contributed by atoms with Crippen molar-refractivity contribution in [3.63, 3.8) is 0 Å². The van der Waals surface area contributed by atoms with Crippen molar-refractivity contribution < 1.29 is 22.7 Å². The number of halogens is 3. The zero-order valence-electron chi connectivity index (χ0n) is 15.9. The van der Waals surface area contributed by atoms with Crippen LogP contribution < -0.4 is 4.90 Å². The van der Waals surface area contributed by atoms with Crippen molar-refractivity contribution in [2.75, 3.05) is 24.6 Å². The minimum Gasteiger partial charge on any atom is -0.465 e. The number of piperidine rings is 1. The summed E-state index contributed by atoms with van der Waals surface area (Å²) in [4.78, 5) is 18.2. The number of anilines is 1. The summed E-state index contributed by atoms with van der Waals surface area (Å²) < 4.78 is 44.6. The number of ether oxygens (including phenoxy) is 1. The lowest BCUT2D eigenvalue weighted by atomic mass is 9.72. The van der Waals surface area contributed by atoms with E-state index < -0.39 is 17.3 Å². The maximum Gasteiger partial charge on any atom is 0.433 e. The SMILES string of the molecule is CCOC(=O)C1(c2ccccc2)CCN(c2nc(C(F)(F)F)ccc2C#N)CC1. The number of alkyl halides is 3. The minimum atomic E-state index is -4.60. The summed E-state index contributed by atoms with van der Waals surface area (Å²) in [5.74, 6) is -0.351. The second-order valence-corrected chi connectivity index (χ2v) is 6.83. The molecule has 0 bridgehead atoms. The van der Waals surface area contributed by atoms with Crippen LogP contribution in [0.15, 0.2) is 42.5 Å². The summed E-state index contributed by atoms with van der Waals surface area (Å²) in [5, 5.41) is 9.31. The van der Waals surface area contributed by atoms with Crippen LogP contribution in [0.25, 0.3) is 0 Å². The number of carbonyl (C=O) groups is 1. The van der Waals surface area contributed by atoms with Gasteiger partial charge in [-0.3, -0.25) is 4.79 Å². The third kappa shape index (κ3) is 4.04. The van der Waals surface area contributed by atoms with Gasteiger partial charge in [0, 0.05) is 13.1 Å². The molecule has 2 heterocycles. The lowest BCUT2D eigenvalue weighted by molar-refractivity contribution is -0.151. The summed E-state index contributed by atoms with van der Waals surface area (Å²) in [7, 11) is 0. The van der Waals surface area contributed by atoms with Gasteiger partial charge < -0.3 is 9.64 Å². The fraction of sp³-hybridized carbons (Fsp3) is 0.381. The van der Waals surface area contributed by atoms with Gasteiger partial charge in [0.15, 0.2) is 0 Å². The van der Waals surface area contributed by atoms with Gasteiger partial charge in [0.25, 0.3) is 0 Å². The molecule has 8 heteroatoms. The van der Waals surface area contributed by atoms with E-state index in [9.17, 15) is 23.2 Å². The highest BCUT2D eigenvalue weighted by Crippen LogP contribution is 2.39. The number of nitriles is 1. The third-order valence-corrected chi connectivity index (χ3v) is 5.20. The standard InChI is InChI=1S/C21H20F3N3O2/c1-2-29-19(28)20(16-6-4-3-5-7-16)10-12-27(13-11-20)18-15(14-25)8-9-17(26-18)21(22,23)24/h3-9H,2,10-13H2,1H3. The van der Waals surface area contributed by atoms with Gasteiger partial charge in [0.1, 0.15) is 17.6 Å². The van der Waals surface area contributed by atoms with Crippen LogP contribution in [0, 0.1) is 11.3 Å².